The molecule has 3 rings (SSSR count). The summed E-state index contributed by atoms with van der Waals surface area (Å²) < 4.78 is 10.8. The molecule has 0 unspecified atom stereocenters. The van der Waals surface area contributed by atoms with Gasteiger partial charge in [-0.15, -0.1) is 0 Å². The molecule has 1 heterocycles. The minimum Gasteiger partial charge on any atom is -0.497 e. The van der Waals surface area contributed by atoms with Crippen LogP contribution in [-0.2, 0) is 6.54 Å². The molecule has 0 N–H and O–H groups in total. The average Bonchev–Trinajstić information content (AvgIpc) is 2.66. The Morgan fingerprint density at radius 1 is 1.05 bits per heavy atom. The molecule has 0 radical (unpaired) electrons. The summed E-state index contributed by atoms with van der Waals surface area (Å²) in [5.74, 6) is 1.76. The van der Waals surface area contributed by atoms with E-state index in [0.717, 1.165) is 18.0 Å². The fourth-order valence-electron chi connectivity index (χ4n) is 4.95. The summed E-state index contributed by atoms with van der Waals surface area (Å²) in [6.07, 6.45) is 4.00. The van der Waals surface area contributed by atoms with E-state index in [2.05, 4.69) is 37.8 Å². The van der Waals surface area contributed by atoms with Crippen LogP contribution in [0.3, 0.4) is 0 Å². The Balaban J connectivity index is 1.79. The summed E-state index contributed by atoms with van der Waals surface area (Å²) in [5, 5.41) is 0. The highest BCUT2D eigenvalue weighted by molar-refractivity contribution is 5.38. The molecule has 2 aliphatic rings. The standard InChI is InChI=1S/C19H29NO2/c1-18(2)9-15-10-19(3,12-18)13-20(15)11-14-6-16(21-4)8-17(7-14)22-5/h6-8,15H,9-13H2,1-5H3/t15-,19+/m1/s1. The van der Waals surface area contributed by atoms with E-state index in [1.54, 1.807) is 14.2 Å². The number of rotatable bonds is 4. The van der Waals surface area contributed by atoms with Crippen LogP contribution >= 0.6 is 0 Å². The van der Waals surface area contributed by atoms with E-state index < -0.39 is 0 Å². The van der Waals surface area contributed by atoms with E-state index in [-0.39, 0.29) is 0 Å². The SMILES string of the molecule is COc1cc(CN2C[C@@]3(C)C[C@H]2CC(C)(C)C3)cc(OC)c1. The van der Waals surface area contributed by atoms with E-state index in [0.29, 0.717) is 16.9 Å². The van der Waals surface area contributed by atoms with Gasteiger partial charge in [-0.25, -0.2) is 0 Å². The highest BCUT2D eigenvalue weighted by Gasteiger charge is 2.49. The molecule has 1 saturated heterocycles. The molecule has 3 heteroatoms. The van der Waals surface area contributed by atoms with Gasteiger partial charge in [0.1, 0.15) is 11.5 Å². The number of benzene rings is 1. The van der Waals surface area contributed by atoms with Gasteiger partial charge in [-0.2, -0.15) is 0 Å². The van der Waals surface area contributed by atoms with Crippen LogP contribution in [0.1, 0.15) is 45.6 Å². The lowest BCUT2D eigenvalue weighted by Crippen LogP contribution is -2.34. The van der Waals surface area contributed by atoms with Crippen LogP contribution < -0.4 is 9.47 Å². The van der Waals surface area contributed by atoms with Crippen molar-refractivity contribution in [2.24, 2.45) is 10.8 Å². The molecular weight excluding hydrogens is 274 g/mol. The quantitative estimate of drug-likeness (QED) is 0.835. The van der Waals surface area contributed by atoms with Crippen LogP contribution in [0.4, 0.5) is 0 Å². The Kier molecular flexibility index (Phi) is 3.88. The monoisotopic (exact) mass is 303 g/mol. The van der Waals surface area contributed by atoms with E-state index in [1.165, 1.54) is 31.4 Å². The molecule has 2 fully saturated rings. The number of fused-ring (bicyclic) bond motifs is 2. The van der Waals surface area contributed by atoms with Gasteiger partial charge >= 0.3 is 0 Å². The second-order valence-corrected chi connectivity index (χ2v) is 8.34. The Morgan fingerprint density at radius 3 is 2.27 bits per heavy atom. The van der Waals surface area contributed by atoms with Gasteiger partial charge in [0.15, 0.2) is 0 Å². The third-order valence-electron chi connectivity index (χ3n) is 5.32. The molecule has 122 valence electrons. The topological polar surface area (TPSA) is 21.7 Å². The first-order valence-corrected chi connectivity index (χ1v) is 8.29. The maximum absolute atomic E-state index is 5.40. The molecule has 2 bridgehead atoms. The number of hydrogen-bond donors (Lipinski definition) is 0. The molecule has 2 atom stereocenters. The molecule has 1 aromatic carbocycles. The first kappa shape index (κ1) is 15.7. The number of nitrogens with zero attached hydrogens (tertiary/aromatic N) is 1. The van der Waals surface area contributed by atoms with Crippen molar-refractivity contribution < 1.29 is 9.47 Å². The van der Waals surface area contributed by atoms with Crippen molar-refractivity contribution >= 4 is 0 Å². The van der Waals surface area contributed by atoms with Gasteiger partial charge in [0, 0.05) is 25.2 Å². The largest absolute Gasteiger partial charge is 0.497 e. The van der Waals surface area contributed by atoms with Crippen LogP contribution in [0.15, 0.2) is 18.2 Å². The summed E-state index contributed by atoms with van der Waals surface area (Å²) in [4.78, 5) is 2.67. The summed E-state index contributed by atoms with van der Waals surface area (Å²) in [7, 11) is 3.43. The van der Waals surface area contributed by atoms with Crippen molar-refractivity contribution in [1.82, 2.24) is 4.90 Å². The molecule has 0 spiro atoms. The zero-order valence-corrected chi connectivity index (χ0v) is 14.6. The minimum atomic E-state index is 0.471. The predicted molar refractivity (Wildman–Crippen MR) is 89.5 cm³/mol. The summed E-state index contributed by atoms with van der Waals surface area (Å²) >= 11 is 0. The fourth-order valence-corrected chi connectivity index (χ4v) is 4.95. The molecule has 1 aromatic rings. The van der Waals surface area contributed by atoms with Crippen LogP contribution in [-0.4, -0.2) is 31.7 Å². The zero-order valence-electron chi connectivity index (χ0n) is 14.6. The van der Waals surface area contributed by atoms with Gasteiger partial charge in [0.05, 0.1) is 14.2 Å². The van der Waals surface area contributed by atoms with Crippen molar-refractivity contribution in [3.05, 3.63) is 23.8 Å². The predicted octanol–water partition coefficient (Wildman–Crippen LogP) is 4.10. The Hall–Kier alpha value is -1.22. The molecule has 22 heavy (non-hydrogen) atoms. The van der Waals surface area contributed by atoms with Gasteiger partial charge in [0.2, 0.25) is 0 Å². The van der Waals surface area contributed by atoms with Crippen LogP contribution in [0.5, 0.6) is 11.5 Å². The van der Waals surface area contributed by atoms with Gasteiger partial charge in [-0.05, 0) is 47.8 Å². The highest BCUT2D eigenvalue weighted by atomic mass is 16.5. The summed E-state index contributed by atoms with van der Waals surface area (Å²) in [6, 6.07) is 6.93. The highest BCUT2D eigenvalue weighted by Crippen LogP contribution is 2.52. The van der Waals surface area contributed by atoms with Crippen LogP contribution in [0.25, 0.3) is 0 Å². The Bertz CT molecular complexity index is 532. The maximum atomic E-state index is 5.40. The lowest BCUT2D eigenvalue weighted by Gasteiger charge is -2.40. The molecule has 0 aromatic heterocycles. The van der Waals surface area contributed by atoms with Gasteiger partial charge < -0.3 is 9.47 Å². The van der Waals surface area contributed by atoms with Crippen molar-refractivity contribution in [2.45, 2.75) is 52.6 Å². The zero-order chi connectivity index (χ0) is 16.0. The second kappa shape index (κ2) is 5.45. The molecule has 1 aliphatic carbocycles. The lowest BCUT2D eigenvalue weighted by atomic mass is 9.65. The summed E-state index contributed by atoms with van der Waals surface area (Å²) in [6.45, 7) is 9.52. The average molecular weight is 303 g/mol. The van der Waals surface area contributed by atoms with E-state index in [1.807, 2.05) is 6.07 Å². The van der Waals surface area contributed by atoms with Gasteiger partial charge in [-0.3, -0.25) is 4.90 Å². The molecular formula is C19H29NO2. The van der Waals surface area contributed by atoms with Crippen molar-refractivity contribution in [3.8, 4) is 11.5 Å². The number of hydrogen-bond acceptors (Lipinski definition) is 3. The van der Waals surface area contributed by atoms with Crippen LogP contribution in [0.2, 0.25) is 0 Å². The Morgan fingerprint density at radius 2 is 1.68 bits per heavy atom. The molecule has 1 aliphatic heterocycles. The lowest BCUT2D eigenvalue weighted by molar-refractivity contribution is 0.126. The molecule has 1 saturated carbocycles. The molecule has 0 amide bonds. The van der Waals surface area contributed by atoms with E-state index in [4.69, 9.17) is 9.47 Å². The van der Waals surface area contributed by atoms with Gasteiger partial charge in [0.25, 0.3) is 0 Å². The fraction of sp³-hybridized carbons (Fsp3) is 0.684. The third kappa shape index (κ3) is 3.10. The molecule has 3 nitrogen and oxygen atoms in total. The van der Waals surface area contributed by atoms with Crippen molar-refractivity contribution in [1.29, 1.82) is 0 Å². The van der Waals surface area contributed by atoms with Crippen LogP contribution in [0, 0.1) is 10.8 Å². The smallest absolute Gasteiger partial charge is 0.122 e. The normalized spacial score (nSPS) is 30.3. The van der Waals surface area contributed by atoms with E-state index in [9.17, 15) is 0 Å². The number of likely N-dealkylation sites (tertiary alicyclic amines) is 1. The Labute approximate surface area is 134 Å². The van der Waals surface area contributed by atoms with Crippen molar-refractivity contribution in [3.63, 3.8) is 0 Å². The van der Waals surface area contributed by atoms with Gasteiger partial charge in [-0.1, -0.05) is 20.8 Å². The van der Waals surface area contributed by atoms with Crippen molar-refractivity contribution in [2.75, 3.05) is 20.8 Å². The minimum absolute atomic E-state index is 0.471. The maximum Gasteiger partial charge on any atom is 0.122 e. The summed E-state index contributed by atoms with van der Waals surface area (Å²) in [5.41, 5.74) is 2.23. The first-order chi connectivity index (χ1) is 10.3. The number of methoxy groups -OCH3 is 2. The first-order valence-electron chi connectivity index (χ1n) is 8.29. The third-order valence-corrected chi connectivity index (χ3v) is 5.32. The van der Waals surface area contributed by atoms with E-state index >= 15 is 0 Å². The number of ether oxygens (including phenoxy) is 2. The second-order valence-electron chi connectivity index (χ2n) is 8.34.